The maximum absolute atomic E-state index is 12.1. The molecule has 1 aromatic heterocycles. The molecule has 1 amide bonds. The Morgan fingerprint density at radius 2 is 2.14 bits per heavy atom. The van der Waals surface area contributed by atoms with Crippen molar-refractivity contribution >= 4 is 5.91 Å². The Morgan fingerprint density at radius 1 is 1.33 bits per heavy atom. The van der Waals surface area contributed by atoms with Crippen LogP contribution in [0, 0.1) is 18.8 Å². The van der Waals surface area contributed by atoms with E-state index in [1.54, 1.807) is 18.3 Å². The lowest BCUT2D eigenvalue weighted by atomic mass is 10.1. The van der Waals surface area contributed by atoms with Gasteiger partial charge in [0.05, 0.1) is 0 Å². The number of carbonyl (C=O) groups excluding carboxylic acids is 1. The maximum atomic E-state index is 12.1. The number of nitrogens with zero attached hydrogens (tertiary/aromatic N) is 1. The summed E-state index contributed by atoms with van der Waals surface area (Å²) in [7, 11) is 0. The van der Waals surface area contributed by atoms with Crippen molar-refractivity contribution in [3.63, 3.8) is 0 Å². The Bertz CT molecular complexity index is 699. The van der Waals surface area contributed by atoms with Crippen LogP contribution in [-0.4, -0.2) is 22.6 Å². The Hall–Kier alpha value is -2.64. The predicted octanol–water partition coefficient (Wildman–Crippen LogP) is 1.66. The Balaban J connectivity index is 2.08. The quantitative estimate of drug-likeness (QED) is 0.841. The highest BCUT2D eigenvalue weighted by Gasteiger charge is 2.06. The molecule has 4 heteroatoms. The molecule has 0 spiro atoms. The third kappa shape index (κ3) is 4.16. The van der Waals surface area contributed by atoms with Crippen LogP contribution in [0.25, 0.3) is 0 Å². The fourth-order valence-corrected chi connectivity index (χ4v) is 1.90. The molecule has 1 heterocycles. The molecule has 0 aliphatic heterocycles. The van der Waals surface area contributed by atoms with Crippen molar-refractivity contribution in [1.29, 1.82) is 0 Å². The molecule has 0 atom stereocenters. The average Bonchev–Trinajstić information content (AvgIpc) is 2.51. The fourth-order valence-electron chi connectivity index (χ4n) is 1.90. The van der Waals surface area contributed by atoms with Crippen molar-refractivity contribution in [2.75, 3.05) is 6.61 Å². The van der Waals surface area contributed by atoms with E-state index >= 15 is 0 Å². The van der Waals surface area contributed by atoms with Crippen LogP contribution >= 0.6 is 0 Å². The van der Waals surface area contributed by atoms with Crippen LogP contribution in [0.5, 0.6) is 0 Å². The third-order valence-electron chi connectivity index (χ3n) is 2.92. The Kier molecular flexibility index (Phi) is 5.08. The molecule has 0 aliphatic carbocycles. The number of aromatic nitrogens is 1. The summed E-state index contributed by atoms with van der Waals surface area (Å²) in [6.07, 6.45) is 1.62. The smallest absolute Gasteiger partial charge is 0.251 e. The number of aryl methyl sites for hydroxylation is 1. The van der Waals surface area contributed by atoms with Gasteiger partial charge in [0.2, 0.25) is 0 Å². The number of hydrogen-bond donors (Lipinski definition) is 2. The summed E-state index contributed by atoms with van der Waals surface area (Å²) >= 11 is 0. The van der Waals surface area contributed by atoms with Crippen LogP contribution in [0.15, 0.2) is 42.6 Å². The molecule has 0 saturated heterocycles. The van der Waals surface area contributed by atoms with Gasteiger partial charge >= 0.3 is 0 Å². The van der Waals surface area contributed by atoms with Crippen LogP contribution in [0.2, 0.25) is 0 Å². The molecule has 1 aromatic carbocycles. The molecule has 0 saturated carbocycles. The second kappa shape index (κ2) is 7.22. The van der Waals surface area contributed by atoms with Gasteiger partial charge in [-0.15, -0.1) is 0 Å². The molecule has 2 N–H and O–H groups in total. The topological polar surface area (TPSA) is 62.2 Å². The van der Waals surface area contributed by atoms with Crippen molar-refractivity contribution in [2.24, 2.45) is 0 Å². The first kappa shape index (κ1) is 14.8. The highest BCUT2D eigenvalue weighted by Crippen LogP contribution is 2.08. The molecular formula is C17H16N2O2. The summed E-state index contributed by atoms with van der Waals surface area (Å²) in [5, 5.41) is 11.6. The van der Waals surface area contributed by atoms with Gasteiger partial charge in [0, 0.05) is 29.6 Å². The first-order chi connectivity index (χ1) is 10.2. The minimum atomic E-state index is -0.184. The van der Waals surface area contributed by atoms with E-state index in [1.165, 1.54) is 0 Å². The van der Waals surface area contributed by atoms with E-state index in [0.29, 0.717) is 12.1 Å². The minimum Gasteiger partial charge on any atom is -0.384 e. The second-order valence-electron chi connectivity index (χ2n) is 4.49. The van der Waals surface area contributed by atoms with Gasteiger partial charge in [0.25, 0.3) is 5.91 Å². The van der Waals surface area contributed by atoms with Gasteiger partial charge in [-0.05, 0) is 30.7 Å². The number of carbonyl (C=O) groups is 1. The molecule has 21 heavy (non-hydrogen) atoms. The van der Waals surface area contributed by atoms with Crippen LogP contribution in [0.3, 0.4) is 0 Å². The van der Waals surface area contributed by atoms with Crippen LogP contribution in [0.4, 0.5) is 0 Å². The number of nitrogens with one attached hydrogen (secondary N) is 1. The molecule has 0 fully saturated rings. The van der Waals surface area contributed by atoms with Crippen molar-refractivity contribution in [3.05, 3.63) is 65.0 Å². The lowest BCUT2D eigenvalue weighted by Gasteiger charge is -2.07. The number of hydrogen-bond acceptors (Lipinski definition) is 3. The van der Waals surface area contributed by atoms with Gasteiger partial charge in [-0.25, -0.2) is 0 Å². The fraction of sp³-hybridized carbons (Fsp3) is 0.176. The molecule has 0 unspecified atom stereocenters. The average molecular weight is 280 g/mol. The molecule has 0 aliphatic rings. The van der Waals surface area contributed by atoms with Crippen molar-refractivity contribution in [3.8, 4) is 11.8 Å². The highest BCUT2D eigenvalue weighted by molar-refractivity contribution is 5.94. The van der Waals surface area contributed by atoms with E-state index < -0.39 is 0 Å². The summed E-state index contributed by atoms with van der Waals surface area (Å²) in [5.74, 6) is 5.34. The van der Waals surface area contributed by atoms with Gasteiger partial charge in [0.1, 0.15) is 6.61 Å². The molecule has 2 rings (SSSR count). The Labute approximate surface area is 123 Å². The zero-order chi connectivity index (χ0) is 15.1. The molecule has 2 aromatic rings. The van der Waals surface area contributed by atoms with E-state index in [-0.39, 0.29) is 12.5 Å². The highest BCUT2D eigenvalue weighted by atomic mass is 16.2. The van der Waals surface area contributed by atoms with E-state index in [9.17, 15) is 4.79 Å². The summed E-state index contributed by atoms with van der Waals surface area (Å²) in [6.45, 7) is 2.05. The number of pyridine rings is 1. The zero-order valence-corrected chi connectivity index (χ0v) is 11.8. The lowest BCUT2D eigenvalue weighted by Crippen LogP contribution is -2.23. The van der Waals surface area contributed by atoms with Crippen molar-refractivity contribution < 1.29 is 9.90 Å². The molecule has 0 radical (unpaired) electrons. The van der Waals surface area contributed by atoms with Crippen molar-refractivity contribution in [1.82, 2.24) is 10.3 Å². The minimum absolute atomic E-state index is 0.148. The summed E-state index contributed by atoms with van der Waals surface area (Å²) in [5.41, 5.74) is 3.11. The van der Waals surface area contributed by atoms with Gasteiger partial charge in [-0.3, -0.25) is 9.78 Å². The van der Waals surface area contributed by atoms with E-state index in [4.69, 9.17) is 5.11 Å². The van der Waals surface area contributed by atoms with Gasteiger partial charge in [0.15, 0.2) is 0 Å². The predicted molar refractivity (Wildman–Crippen MR) is 80.6 cm³/mol. The summed E-state index contributed by atoms with van der Waals surface area (Å²) in [6, 6.07) is 11.0. The first-order valence-corrected chi connectivity index (χ1v) is 6.59. The van der Waals surface area contributed by atoms with E-state index in [2.05, 4.69) is 22.1 Å². The number of amides is 1. The van der Waals surface area contributed by atoms with Crippen molar-refractivity contribution in [2.45, 2.75) is 13.5 Å². The van der Waals surface area contributed by atoms with Crippen LogP contribution < -0.4 is 5.32 Å². The molecular weight excluding hydrogens is 264 g/mol. The first-order valence-electron chi connectivity index (χ1n) is 6.59. The zero-order valence-electron chi connectivity index (χ0n) is 11.8. The number of rotatable bonds is 3. The standard InChI is InChI=1S/C17H16N2O2/c1-13-11-15(8-9-18-13)17(21)19-12-16-6-3-2-5-14(16)7-4-10-20/h2-3,5-6,8-9,11,20H,10,12H2,1H3,(H,19,21). The Morgan fingerprint density at radius 3 is 2.90 bits per heavy atom. The normalized spacial score (nSPS) is 9.62. The maximum Gasteiger partial charge on any atom is 0.251 e. The number of aliphatic hydroxyl groups is 1. The second-order valence-corrected chi connectivity index (χ2v) is 4.49. The largest absolute Gasteiger partial charge is 0.384 e. The van der Waals surface area contributed by atoms with Gasteiger partial charge in [-0.1, -0.05) is 30.0 Å². The SMILES string of the molecule is Cc1cc(C(=O)NCc2ccccc2C#CCO)ccn1. The van der Waals surface area contributed by atoms with Crippen LogP contribution in [0.1, 0.15) is 27.2 Å². The van der Waals surface area contributed by atoms with Gasteiger partial charge < -0.3 is 10.4 Å². The number of benzene rings is 1. The molecule has 4 nitrogen and oxygen atoms in total. The summed E-state index contributed by atoms with van der Waals surface area (Å²) < 4.78 is 0. The van der Waals surface area contributed by atoms with Gasteiger partial charge in [-0.2, -0.15) is 0 Å². The van der Waals surface area contributed by atoms with Crippen LogP contribution in [-0.2, 0) is 6.54 Å². The third-order valence-corrected chi connectivity index (χ3v) is 2.92. The number of aliphatic hydroxyl groups excluding tert-OH is 1. The molecule has 106 valence electrons. The molecule has 0 bridgehead atoms. The lowest BCUT2D eigenvalue weighted by molar-refractivity contribution is 0.0950. The van der Waals surface area contributed by atoms with E-state index in [1.807, 2.05) is 31.2 Å². The summed E-state index contributed by atoms with van der Waals surface area (Å²) in [4.78, 5) is 16.1. The monoisotopic (exact) mass is 280 g/mol. The van der Waals surface area contributed by atoms with E-state index in [0.717, 1.165) is 16.8 Å².